The van der Waals surface area contributed by atoms with Crippen molar-refractivity contribution in [3.05, 3.63) is 70.1 Å². The van der Waals surface area contributed by atoms with Crippen LogP contribution in [0.3, 0.4) is 0 Å². The molecule has 0 amide bonds. The highest BCUT2D eigenvalue weighted by Gasteiger charge is 2.09. The number of benzene rings is 1. The van der Waals surface area contributed by atoms with Gasteiger partial charge in [0.15, 0.2) is 5.96 Å². The summed E-state index contributed by atoms with van der Waals surface area (Å²) >= 11 is 0. The van der Waals surface area contributed by atoms with Gasteiger partial charge in [0.1, 0.15) is 0 Å². The van der Waals surface area contributed by atoms with Crippen LogP contribution in [0.1, 0.15) is 37.4 Å². The van der Waals surface area contributed by atoms with Crippen LogP contribution in [-0.2, 0) is 13.1 Å². The molecule has 6 nitrogen and oxygen atoms in total. The van der Waals surface area contributed by atoms with Gasteiger partial charge in [0, 0.05) is 51.0 Å². The van der Waals surface area contributed by atoms with E-state index in [2.05, 4.69) is 64.8 Å². The van der Waals surface area contributed by atoms with E-state index in [1.54, 1.807) is 13.1 Å². The van der Waals surface area contributed by atoms with Gasteiger partial charge >= 0.3 is 0 Å². The molecular formula is C24H37N5O. The quantitative estimate of drug-likeness (QED) is 0.339. The molecule has 6 heteroatoms. The van der Waals surface area contributed by atoms with Crippen LogP contribution < -0.4 is 16.2 Å². The maximum atomic E-state index is 11.9. The van der Waals surface area contributed by atoms with Gasteiger partial charge in [-0.3, -0.25) is 14.7 Å². The van der Waals surface area contributed by atoms with Crippen molar-refractivity contribution < 1.29 is 0 Å². The molecule has 2 N–H and O–H groups in total. The van der Waals surface area contributed by atoms with Gasteiger partial charge < -0.3 is 15.2 Å². The number of nitrogens with one attached hydrogen (secondary N) is 2. The topological polar surface area (TPSA) is 61.7 Å². The monoisotopic (exact) mass is 411 g/mol. The summed E-state index contributed by atoms with van der Waals surface area (Å²) in [4.78, 5) is 18.6. The molecule has 1 aromatic heterocycles. The first-order valence-corrected chi connectivity index (χ1v) is 10.9. The molecule has 0 spiro atoms. The van der Waals surface area contributed by atoms with Crippen molar-refractivity contribution in [3.63, 3.8) is 0 Å². The number of hydrogen-bond acceptors (Lipinski definition) is 3. The van der Waals surface area contributed by atoms with Crippen LogP contribution in [-0.4, -0.2) is 48.7 Å². The van der Waals surface area contributed by atoms with Crippen LogP contribution >= 0.6 is 0 Å². The molecule has 1 heterocycles. The normalized spacial score (nSPS) is 12.8. The number of aromatic nitrogens is 1. The van der Waals surface area contributed by atoms with Crippen LogP contribution in [0.2, 0.25) is 0 Å². The molecule has 2 rings (SSSR count). The Hall–Kier alpha value is -2.60. The van der Waals surface area contributed by atoms with Gasteiger partial charge in [-0.15, -0.1) is 0 Å². The summed E-state index contributed by atoms with van der Waals surface area (Å²) in [5, 5.41) is 6.77. The minimum atomic E-state index is 0.0757. The molecule has 2 aromatic rings. The number of guanidine groups is 1. The summed E-state index contributed by atoms with van der Waals surface area (Å²) in [6.07, 6.45) is 2.98. The Morgan fingerprint density at radius 1 is 1.07 bits per heavy atom. The third-order valence-electron chi connectivity index (χ3n) is 5.47. The summed E-state index contributed by atoms with van der Waals surface area (Å²) in [7, 11) is 3.97. The first-order valence-electron chi connectivity index (χ1n) is 10.9. The Labute approximate surface area is 181 Å². The van der Waals surface area contributed by atoms with Gasteiger partial charge in [-0.25, -0.2) is 0 Å². The molecule has 0 aliphatic heterocycles. The minimum absolute atomic E-state index is 0.0757. The lowest BCUT2D eigenvalue weighted by Gasteiger charge is -2.25. The van der Waals surface area contributed by atoms with E-state index in [9.17, 15) is 4.79 Å². The predicted octanol–water partition coefficient (Wildman–Crippen LogP) is 3.01. The average molecular weight is 412 g/mol. The number of rotatable bonds is 11. The highest BCUT2D eigenvalue weighted by atomic mass is 16.1. The number of hydrogen-bond donors (Lipinski definition) is 2. The molecule has 1 unspecified atom stereocenters. The summed E-state index contributed by atoms with van der Waals surface area (Å²) in [6, 6.07) is 16.5. The molecule has 0 radical (unpaired) electrons. The molecule has 1 aromatic carbocycles. The zero-order valence-electron chi connectivity index (χ0n) is 18.9. The number of aliphatic imine (C=N–C) groups is 1. The van der Waals surface area contributed by atoms with Crippen molar-refractivity contribution in [1.82, 2.24) is 20.1 Å². The fourth-order valence-electron chi connectivity index (χ4n) is 3.38. The molecule has 1 atom stereocenters. The van der Waals surface area contributed by atoms with Gasteiger partial charge in [-0.05, 0) is 51.8 Å². The summed E-state index contributed by atoms with van der Waals surface area (Å²) in [5.41, 5.74) is 2.43. The molecule has 30 heavy (non-hydrogen) atoms. The number of nitrogens with zero attached hydrogens (tertiary/aromatic N) is 3. The van der Waals surface area contributed by atoms with Gasteiger partial charge in [0.25, 0.3) is 5.56 Å². The van der Waals surface area contributed by atoms with E-state index < -0.39 is 0 Å². The lowest BCUT2D eigenvalue weighted by atomic mass is 10.1. The maximum Gasteiger partial charge on any atom is 0.250 e. The fourth-order valence-corrected chi connectivity index (χ4v) is 3.38. The van der Waals surface area contributed by atoms with E-state index in [0.29, 0.717) is 6.04 Å². The largest absolute Gasteiger partial charge is 0.356 e. The van der Waals surface area contributed by atoms with Crippen LogP contribution in [0.4, 0.5) is 0 Å². The Bertz CT molecular complexity index is 831. The SMILES string of the molecule is CN=C(NCCCCn1c(C)cccc1=O)NCCC(C)N(C)Cc1ccccc1. The second-order valence-corrected chi connectivity index (χ2v) is 7.83. The Kier molecular flexibility index (Phi) is 10.1. The lowest BCUT2D eigenvalue weighted by Crippen LogP contribution is -2.40. The maximum absolute atomic E-state index is 11.9. The number of pyridine rings is 1. The smallest absolute Gasteiger partial charge is 0.250 e. The van der Waals surface area contributed by atoms with Crippen molar-refractivity contribution in [2.75, 3.05) is 27.2 Å². The molecule has 0 saturated carbocycles. The van der Waals surface area contributed by atoms with Crippen LogP contribution in [0.25, 0.3) is 0 Å². The fraction of sp³-hybridized carbons (Fsp3) is 0.500. The first kappa shape index (κ1) is 23.7. The molecule has 0 fully saturated rings. The van der Waals surface area contributed by atoms with Gasteiger partial charge in [-0.1, -0.05) is 36.4 Å². The number of unbranched alkanes of at least 4 members (excludes halogenated alkanes) is 1. The Balaban J connectivity index is 1.62. The van der Waals surface area contributed by atoms with E-state index >= 15 is 0 Å². The van der Waals surface area contributed by atoms with E-state index in [4.69, 9.17) is 0 Å². The van der Waals surface area contributed by atoms with Gasteiger partial charge in [0.2, 0.25) is 0 Å². The average Bonchev–Trinajstić information content (AvgIpc) is 2.74. The third-order valence-corrected chi connectivity index (χ3v) is 5.47. The van der Waals surface area contributed by atoms with Crippen LogP contribution in [0, 0.1) is 6.92 Å². The molecule has 164 valence electrons. The van der Waals surface area contributed by atoms with Crippen LogP contribution in [0.5, 0.6) is 0 Å². The highest BCUT2D eigenvalue weighted by Crippen LogP contribution is 2.07. The van der Waals surface area contributed by atoms with E-state index in [1.165, 1.54) is 5.56 Å². The third kappa shape index (κ3) is 8.03. The van der Waals surface area contributed by atoms with E-state index in [-0.39, 0.29) is 5.56 Å². The van der Waals surface area contributed by atoms with Gasteiger partial charge in [-0.2, -0.15) is 0 Å². The van der Waals surface area contributed by atoms with E-state index in [1.807, 2.05) is 23.6 Å². The van der Waals surface area contributed by atoms with Crippen LogP contribution in [0.15, 0.2) is 58.3 Å². The molecule has 0 saturated heterocycles. The van der Waals surface area contributed by atoms with Gasteiger partial charge in [0.05, 0.1) is 0 Å². The summed E-state index contributed by atoms with van der Waals surface area (Å²) in [6.45, 7) is 7.66. The Morgan fingerprint density at radius 2 is 1.80 bits per heavy atom. The van der Waals surface area contributed by atoms with E-state index in [0.717, 1.165) is 57.1 Å². The standard InChI is InChI=1S/C24H37N5O/c1-20(28(4)19-22-12-6-5-7-13-22)15-17-27-24(25-3)26-16-8-9-18-29-21(2)11-10-14-23(29)30/h5-7,10-14,20H,8-9,15-19H2,1-4H3,(H2,25,26,27). The second kappa shape index (κ2) is 12.9. The lowest BCUT2D eigenvalue weighted by molar-refractivity contribution is 0.238. The first-order chi connectivity index (χ1) is 14.5. The number of aryl methyl sites for hydroxylation is 1. The molecule has 0 aliphatic rings. The van der Waals surface area contributed by atoms with Crippen molar-refractivity contribution in [3.8, 4) is 0 Å². The highest BCUT2D eigenvalue weighted by molar-refractivity contribution is 5.79. The molecule has 0 aliphatic carbocycles. The predicted molar refractivity (Wildman–Crippen MR) is 126 cm³/mol. The Morgan fingerprint density at radius 3 is 2.50 bits per heavy atom. The molecular weight excluding hydrogens is 374 g/mol. The van der Waals surface area contributed by atoms with Crippen molar-refractivity contribution >= 4 is 5.96 Å². The zero-order chi connectivity index (χ0) is 21.8. The summed E-state index contributed by atoms with van der Waals surface area (Å²) in [5.74, 6) is 0.834. The second-order valence-electron chi connectivity index (χ2n) is 7.83. The van der Waals surface area contributed by atoms with Crippen molar-refractivity contribution in [2.24, 2.45) is 4.99 Å². The minimum Gasteiger partial charge on any atom is -0.356 e. The molecule has 0 bridgehead atoms. The van der Waals surface area contributed by atoms with Crippen molar-refractivity contribution in [1.29, 1.82) is 0 Å². The zero-order valence-corrected chi connectivity index (χ0v) is 18.9. The summed E-state index contributed by atoms with van der Waals surface area (Å²) < 4.78 is 1.83. The van der Waals surface area contributed by atoms with Crippen molar-refractivity contribution in [2.45, 2.75) is 52.2 Å².